The van der Waals surface area contributed by atoms with Crippen LogP contribution < -0.4 is 4.74 Å². The zero-order valence-electron chi connectivity index (χ0n) is 7.57. The average molecular weight is 245 g/mol. The van der Waals surface area contributed by atoms with Gasteiger partial charge in [0.25, 0.3) is 0 Å². The molecule has 74 valence electrons. The summed E-state index contributed by atoms with van der Waals surface area (Å²) in [7, 11) is 1.67. The van der Waals surface area contributed by atoms with Gasteiger partial charge in [0.1, 0.15) is 11.1 Å². The van der Waals surface area contributed by atoms with Crippen molar-refractivity contribution in [3.8, 4) is 5.75 Å². The highest BCUT2D eigenvalue weighted by atomic mass is 35.5. The Morgan fingerprint density at radius 2 is 2.14 bits per heavy atom. The first-order valence-corrected chi connectivity index (χ1v) is 6.31. The Bertz CT molecular complexity index is 394. The zero-order valence-corrected chi connectivity index (χ0v) is 9.96. The normalized spacial score (nSPS) is 12.7. The molecule has 0 aliphatic carbocycles. The van der Waals surface area contributed by atoms with E-state index in [9.17, 15) is 0 Å². The molecule has 0 saturated heterocycles. The van der Waals surface area contributed by atoms with Crippen LogP contribution in [0.25, 0.3) is 0 Å². The zero-order chi connectivity index (χ0) is 9.97. The van der Waals surface area contributed by atoms with Crippen molar-refractivity contribution < 1.29 is 4.74 Å². The first kappa shape index (κ1) is 10.0. The molecular weight excluding hydrogens is 236 g/mol. The second-order valence-corrected chi connectivity index (χ2v) is 5.09. The molecule has 0 fully saturated rings. The lowest BCUT2D eigenvalue weighted by Gasteiger charge is -2.07. The lowest BCUT2D eigenvalue weighted by Crippen LogP contribution is -1.90. The Morgan fingerprint density at radius 1 is 1.29 bits per heavy atom. The Hall–Kier alpha value is -0.510. The molecule has 1 unspecified atom stereocenters. The highest BCUT2D eigenvalue weighted by molar-refractivity contribution is 7.12. The monoisotopic (exact) mass is 244 g/mol. The quantitative estimate of drug-likeness (QED) is 0.738. The third-order valence-corrected chi connectivity index (χ3v) is 4.51. The maximum atomic E-state index is 6.34. The molecule has 0 radical (unpaired) electrons. The molecule has 0 saturated carbocycles. The van der Waals surface area contributed by atoms with Gasteiger partial charge in [-0.15, -0.1) is 34.3 Å². The summed E-state index contributed by atoms with van der Waals surface area (Å²) in [5.74, 6) is 0.878. The number of hydrogen-bond acceptors (Lipinski definition) is 3. The Balaban J connectivity index is 2.31. The molecule has 0 aromatic carbocycles. The maximum Gasteiger partial charge on any atom is 0.134 e. The molecule has 0 bridgehead atoms. The van der Waals surface area contributed by atoms with Crippen molar-refractivity contribution in [2.75, 3.05) is 7.11 Å². The summed E-state index contributed by atoms with van der Waals surface area (Å²) in [5.41, 5.74) is 0. The summed E-state index contributed by atoms with van der Waals surface area (Å²) >= 11 is 9.64. The molecular formula is C10H9ClOS2. The number of thiophene rings is 2. The highest BCUT2D eigenvalue weighted by Crippen LogP contribution is 2.40. The van der Waals surface area contributed by atoms with Gasteiger partial charge in [0.05, 0.1) is 12.0 Å². The fraction of sp³-hybridized carbons (Fsp3) is 0.200. The fourth-order valence-electron chi connectivity index (χ4n) is 1.23. The van der Waals surface area contributed by atoms with Crippen LogP contribution in [0.2, 0.25) is 0 Å². The van der Waals surface area contributed by atoms with Crippen LogP contribution in [-0.2, 0) is 0 Å². The molecule has 14 heavy (non-hydrogen) atoms. The number of ether oxygens (including phenoxy) is 1. The summed E-state index contributed by atoms with van der Waals surface area (Å²) in [4.78, 5) is 2.24. The van der Waals surface area contributed by atoms with E-state index in [4.69, 9.17) is 16.3 Å². The van der Waals surface area contributed by atoms with Gasteiger partial charge in [0, 0.05) is 4.88 Å². The van der Waals surface area contributed by atoms with Gasteiger partial charge in [-0.3, -0.25) is 0 Å². The van der Waals surface area contributed by atoms with E-state index in [1.165, 1.54) is 0 Å². The van der Waals surface area contributed by atoms with Crippen molar-refractivity contribution in [2.24, 2.45) is 0 Å². The molecule has 2 heterocycles. The second-order valence-electron chi connectivity index (χ2n) is 2.73. The molecule has 0 spiro atoms. The van der Waals surface area contributed by atoms with E-state index < -0.39 is 0 Å². The fourth-order valence-corrected chi connectivity index (χ4v) is 3.35. The van der Waals surface area contributed by atoms with E-state index >= 15 is 0 Å². The van der Waals surface area contributed by atoms with Crippen LogP contribution >= 0.6 is 34.3 Å². The smallest absolute Gasteiger partial charge is 0.134 e. The van der Waals surface area contributed by atoms with E-state index in [0.717, 1.165) is 15.5 Å². The molecule has 4 heteroatoms. The van der Waals surface area contributed by atoms with Gasteiger partial charge < -0.3 is 4.74 Å². The minimum atomic E-state index is -0.0788. The second kappa shape index (κ2) is 4.34. The van der Waals surface area contributed by atoms with Gasteiger partial charge in [0.2, 0.25) is 0 Å². The van der Waals surface area contributed by atoms with E-state index in [-0.39, 0.29) is 5.38 Å². The number of methoxy groups -OCH3 is 1. The minimum absolute atomic E-state index is 0.0788. The lowest BCUT2D eigenvalue weighted by atomic mass is 10.3. The SMILES string of the molecule is COc1ccsc1C(Cl)c1cccs1. The first-order chi connectivity index (χ1) is 6.83. The van der Waals surface area contributed by atoms with Gasteiger partial charge in [0.15, 0.2) is 0 Å². The molecule has 0 aliphatic heterocycles. The van der Waals surface area contributed by atoms with Crippen LogP contribution in [0.15, 0.2) is 29.0 Å². The van der Waals surface area contributed by atoms with Crippen LogP contribution in [0.1, 0.15) is 15.1 Å². The van der Waals surface area contributed by atoms with E-state index in [1.807, 2.05) is 29.0 Å². The molecule has 0 amide bonds. The standard InChI is InChI=1S/C10H9ClOS2/c1-12-7-4-6-14-10(7)9(11)8-3-2-5-13-8/h2-6,9H,1H3. The van der Waals surface area contributed by atoms with Gasteiger partial charge in [-0.2, -0.15) is 0 Å². The predicted molar refractivity (Wildman–Crippen MR) is 62.9 cm³/mol. The summed E-state index contributed by atoms with van der Waals surface area (Å²) in [6.45, 7) is 0. The van der Waals surface area contributed by atoms with E-state index in [0.29, 0.717) is 0 Å². The summed E-state index contributed by atoms with van der Waals surface area (Å²) < 4.78 is 5.24. The number of hydrogen-bond donors (Lipinski definition) is 0. The number of halogens is 1. The summed E-state index contributed by atoms with van der Waals surface area (Å²) in [5, 5.41) is 3.95. The molecule has 2 aromatic heterocycles. The molecule has 0 N–H and O–H groups in total. The average Bonchev–Trinajstić information content (AvgIpc) is 2.87. The van der Waals surface area contributed by atoms with Crippen molar-refractivity contribution in [1.29, 1.82) is 0 Å². The third-order valence-electron chi connectivity index (χ3n) is 1.90. The largest absolute Gasteiger partial charge is 0.496 e. The van der Waals surface area contributed by atoms with Crippen molar-refractivity contribution in [3.63, 3.8) is 0 Å². The predicted octanol–water partition coefficient (Wildman–Crippen LogP) is 4.15. The van der Waals surface area contributed by atoms with Crippen molar-refractivity contribution in [2.45, 2.75) is 5.38 Å². The van der Waals surface area contributed by atoms with E-state index in [2.05, 4.69) is 0 Å². The number of rotatable bonds is 3. The Labute approximate surface area is 95.9 Å². The third kappa shape index (κ3) is 1.80. The van der Waals surface area contributed by atoms with Crippen molar-refractivity contribution in [1.82, 2.24) is 0 Å². The molecule has 2 rings (SSSR count). The Kier molecular flexibility index (Phi) is 3.11. The van der Waals surface area contributed by atoms with Crippen molar-refractivity contribution in [3.05, 3.63) is 38.7 Å². The van der Waals surface area contributed by atoms with Crippen LogP contribution in [0.5, 0.6) is 5.75 Å². The number of alkyl halides is 1. The molecule has 2 aromatic rings. The lowest BCUT2D eigenvalue weighted by molar-refractivity contribution is 0.413. The van der Waals surface area contributed by atoms with Gasteiger partial charge in [-0.25, -0.2) is 0 Å². The maximum absolute atomic E-state index is 6.34. The Morgan fingerprint density at radius 3 is 2.79 bits per heavy atom. The van der Waals surface area contributed by atoms with Crippen LogP contribution in [0.3, 0.4) is 0 Å². The highest BCUT2D eigenvalue weighted by Gasteiger charge is 2.17. The van der Waals surface area contributed by atoms with E-state index in [1.54, 1.807) is 29.8 Å². The van der Waals surface area contributed by atoms with Gasteiger partial charge in [-0.1, -0.05) is 6.07 Å². The van der Waals surface area contributed by atoms with Crippen LogP contribution in [0.4, 0.5) is 0 Å². The first-order valence-electron chi connectivity index (χ1n) is 4.11. The van der Waals surface area contributed by atoms with Gasteiger partial charge >= 0.3 is 0 Å². The molecule has 1 nitrogen and oxygen atoms in total. The van der Waals surface area contributed by atoms with Crippen LogP contribution in [0, 0.1) is 0 Å². The minimum Gasteiger partial charge on any atom is -0.496 e. The molecule has 1 atom stereocenters. The van der Waals surface area contributed by atoms with Gasteiger partial charge in [-0.05, 0) is 22.9 Å². The topological polar surface area (TPSA) is 9.23 Å². The van der Waals surface area contributed by atoms with Crippen LogP contribution in [-0.4, -0.2) is 7.11 Å². The van der Waals surface area contributed by atoms with Crippen molar-refractivity contribution >= 4 is 34.3 Å². The molecule has 0 aliphatic rings. The summed E-state index contributed by atoms with van der Waals surface area (Å²) in [6, 6.07) is 6.00. The summed E-state index contributed by atoms with van der Waals surface area (Å²) in [6.07, 6.45) is 0.